The highest BCUT2D eigenvalue weighted by Gasteiger charge is 2.12. The second-order valence-electron chi connectivity index (χ2n) is 5.00. The molecule has 0 atom stereocenters. The van der Waals surface area contributed by atoms with E-state index < -0.39 is 16.7 Å². The van der Waals surface area contributed by atoms with Gasteiger partial charge in [-0.15, -0.1) is 11.8 Å². The zero-order valence-corrected chi connectivity index (χ0v) is 14.7. The molecule has 0 aliphatic heterocycles. The third-order valence-electron chi connectivity index (χ3n) is 3.14. The minimum atomic E-state index is -0.631. The van der Waals surface area contributed by atoms with E-state index in [2.05, 4.69) is 10.9 Å². The van der Waals surface area contributed by atoms with Gasteiger partial charge in [-0.25, -0.2) is 0 Å². The van der Waals surface area contributed by atoms with Crippen molar-refractivity contribution < 1.29 is 19.2 Å². The van der Waals surface area contributed by atoms with Gasteiger partial charge < -0.3 is 4.74 Å². The van der Waals surface area contributed by atoms with Gasteiger partial charge in [0.05, 0.1) is 17.3 Å². The van der Waals surface area contributed by atoms with Gasteiger partial charge in [0, 0.05) is 22.6 Å². The first-order chi connectivity index (χ1) is 12.5. The number of nitrogens with one attached hydrogen (secondary N) is 2. The zero-order valence-electron chi connectivity index (χ0n) is 13.9. The summed E-state index contributed by atoms with van der Waals surface area (Å²) in [6.45, 7) is 2.48. The van der Waals surface area contributed by atoms with Crippen LogP contribution in [0.1, 0.15) is 17.3 Å². The predicted molar refractivity (Wildman–Crippen MR) is 97.0 cm³/mol. The number of rotatable bonds is 7. The Morgan fingerprint density at radius 2 is 1.88 bits per heavy atom. The minimum absolute atomic E-state index is 0.0821. The average molecular weight is 375 g/mol. The number of ether oxygens (including phenoxy) is 1. The van der Waals surface area contributed by atoms with Gasteiger partial charge in [-0.05, 0) is 37.3 Å². The van der Waals surface area contributed by atoms with Gasteiger partial charge in [-0.2, -0.15) is 0 Å². The van der Waals surface area contributed by atoms with Crippen LogP contribution in [0.2, 0.25) is 0 Å². The summed E-state index contributed by atoms with van der Waals surface area (Å²) in [6, 6.07) is 12.5. The van der Waals surface area contributed by atoms with Crippen molar-refractivity contribution in [3.63, 3.8) is 0 Å². The lowest BCUT2D eigenvalue weighted by Gasteiger charge is -2.08. The number of hydrogen-bond donors (Lipinski definition) is 2. The number of nitro groups is 1. The van der Waals surface area contributed by atoms with Crippen LogP contribution in [0.5, 0.6) is 5.75 Å². The number of amides is 2. The molecule has 0 spiro atoms. The molecule has 2 amide bonds. The van der Waals surface area contributed by atoms with Crippen LogP contribution >= 0.6 is 11.8 Å². The van der Waals surface area contributed by atoms with Crippen molar-refractivity contribution in [2.24, 2.45) is 0 Å². The summed E-state index contributed by atoms with van der Waals surface area (Å²) < 4.78 is 5.34. The van der Waals surface area contributed by atoms with E-state index in [0.717, 1.165) is 16.7 Å². The fraction of sp³-hybridized carbons (Fsp3) is 0.176. The Bertz CT molecular complexity index is 795. The quantitative estimate of drug-likeness (QED) is 0.437. The lowest BCUT2D eigenvalue weighted by Crippen LogP contribution is -2.42. The fourth-order valence-corrected chi connectivity index (χ4v) is 2.64. The van der Waals surface area contributed by atoms with Crippen LogP contribution in [0.15, 0.2) is 53.4 Å². The first kappa shape index (κ1) is 19.3. The van der Waals surface area contributed by atoms with Crippen molar-refractivity contribution in [3.8, 4) is 5.75 Å². The molecule has 0 saturated heterocycles. The molecule has 0 bridgehead atoms. The molecule has 2 aromatic carbocycles. The molecule has 2 N–H and O–H groups in total. The van der Waals surface area contributed by atoms with Gasteiger partial charge in [-0.3, -0.25) is 30.6 Å². The second kappa shape index (κ2) is 9.42. The van der Waals surface area contributed by atoms with Crippen LogP contribution in [-0.2, 0) is 4.79 Å². The Hall–Kier alpha value is -3.07. The first-order valence-electron chi connectivity index (χ1n) is 7.69. The highest BCUT2D eigenvalue weighted by molar-refractivity contribution is 8.00. The maximum atomic E-state index is 11.9. The number of hydrazine groups is 1. The number of benzene rings is 2. The molecule has 2 aromatic rings. The van der Waals surface area contributed by atoms with Crippen molar-refractivity contribution in [2.75, 3.05) is 12.4 Å². The molecule has 0 radical (unpaired) electrons. The first-order valence-corrected chi connectivity index (χ1v) is 8.67. The minimum Gasteiger partial charge on any atom is -0.494 e. The van der Waals surface area contributed by atoms with Gasteiger partial charge in [-0.1, -0.05) is 6.07 Å². The largest absolute Gasteiger partial charge is 0.494 e. The third kappa shape index (κ3) is 5.78. The molecular formula is C17H17N3O5S. The monoisotopic (exact) mass is 375 g/mol. The van der Waals surface area contributed by atoms with Crippen molar-refractivity contribution in [2.45, 2.75) is 11.8 Å². The van der Waals surface area contributed by atoms with E-state index in [-0.39, 0.29) is 17.0 Å². The topological polar surface area (TPSA) is 111 Å². The molecule has 0 unspecified atom stereocenters. The van der Waals surface area contributed by atoms with Crippen LogP contribution in [-0.4, -0.2) is 29.1 Å². The number of carbonyl (C=O) groups excluding carboxylic acids is 2. The van der Waals surface area contributed by atoms with Gasteiger partial charge in [0.15, 0.2) is 0 Å². The Kier molecular flexibility index (Phi) is 6.98. The van der Waals surface area contributed by atoms with E-state index in [9.17, 15) is 19.7 Å². The van der Waals surface area contributed by atoms with Gasteiger partial charge >= 0.3 is 0 Å². The van der Waals surface area contributed by atoms with E-state index in [1.54, 1.807) is 0 Å². The Labute approximate surface area is 154 Å². The summed E-state index contributed by atoms with van der Waals surface area (Å²) >= 11 is 1.30. The molecule has 0 saturated carbocycles. The van der Waals surface area contributed by atoms with Crippen molar-refractivity contribution in [1.82, 2.24) is 10.9 Å². The van der Waals surface area contributed by atoms with E-state index in [1.165, 1.54) is 30.0 Å². The van der Waals surface area contributed by atoms with E-state index >= 15 is 0 Å². The Morgan fingerprint density at radius 3 is 2.54 bits per heavy atom. The smallest absolute Gasteiger partial charge is 0.270 e. The van der Waals surface area contributed by atoms with Crippen molar-refractivity contribution >= 4 is 29.3 Å². The van der Waals surface area contributed by atoms with Crippen LogP contribution < -0.4 is 15.6 Å². The number of nitrogens with zero attached hydrogens (tertiary/aromatic N) is 1. The van der Waals surface area contributed by atoms with Crippen molar-refractivity contribution in [3.05, 3.63) is 64.2 Å². The maximum absolute atomic E-state index is 11.9. The summed E-state index contributed by atoms with van der Waals surface area (Å²) in [4.78, 5) is 34.7. The number of thioether (sulfide) groups is 1. The molecule has 26 heavy (non-hydrogen) atoms. The molecular weight excluding hydrogens is 358 g/mol. The zero-order chi connectivity index (χ0) is 18.9. The van der Waals surface area contributed by atoms with E-state index in [0.29, 0.717) is 6.61 Å². The predicted octanol–water partition coefficient (Wildman–Crippen LogP) is 2.55. The Balaban J connectivity index is 1.80. The summed E-state index contributed by atoms with van der Waals surface area (Å²) in [6.07, 6.45) is 0. The van der Waals surface area contributed by atoms with E-state index in [4.69, 9.17) is 4.74 Å². The lowest BCUT2D eigenvalue weighted by molar-refractivity contribution is -0.384. The highest BCUT2D eigenvalue weighted by Crippen LogP contribution is 2.21. The molecule has 2 rings (SSSR count). The van der Waals surface area contributed by atoms with Crippen LogP contribution in [0.3, 0.4) is 0 Å². The molecule has 0 heterocycles. The highest BCUT2D eigenvalue weighted by atomic mass is 32.2. The molecule has 8 nitrogen and oxygen atoms in total. The molecule has 136 valence electrons. The van der Waals surface area contributed by atoms with E-state index in [1.807, 2.05) is 31.2 Å². The molecule has 0 aliphatic rings. The van der Waals surface area contributed by atoms with Gasteiger partial charge in [0.2, 0.25) is 5.91 Å². The number of carbonyl (C=O) groups is 2. The number of non-ortho nitro benzene ring substituents is 1. The van der Waals surface area contributed by atoms with Crippen LogP contribution in [0, 0.1) is 10.1 Å². The molecule has 0 aromatic heterocycles. The van der Waals surface area contributed by atoms with Crippen LogP contribution in [0.25, 0.3) is 0 Å². The second-order valence-corrected chi connectivity index (χ2v) is 6.05. The number of nitro benzene ring substituents is 1. The standard InChI is InChI=1S/C17H17N3O5S/c1-2-25-14-6-8-15(9-7-14)26-11-16(21)18-19-17(22)12-4-3-5-13(10-12)20(23)24/h3-10H,2,11H2,1H3,(H,18,21)(H,19,22). The summed E-state index contributed by atoms with van der Waals surface area (Å²) in [5.74, 6) is -0.176. The maximum Gasteiger partial charge on any atom is 0.270 e. The van der Waals surface area contributed by atoms with Crippen molar-refractivity contribution in [1.29, 1.82) is 0 Å². The number of hydrogen-bond acceptors (Lipinski definition) is 6. The fourth-order valence-electron chi connectivity index (χ4n) is 1.94. The summed E-state index contributed by atoms with van der Waals surface area (Å²) in [7, 11) is 0. The average Bonchev–Trinajstić information content (AvgIpc) is 2.66. The molecule has 0 fully saturated rings. The van der Waals surface area contributed by atoms with Gasteiger partial charge in [0.1, 0.15) is 5.75 Å². The SMILES string of the molecule is CCOc1ccc(SCC(=O)NNC(=O)c2cccc([N+](=O)[O-])c2)cc1. The molecule has 0 aliphatic carbocycles. The van der Waals surface area contributed by atoms with Gasteiger partial charge in [0.25, 0.3) is 11.6 Å². The lowest BCUT2D eigenvalue weighted by atomic mass is 10.2. The third-order valence-corrected chi connectivity index (χ3v) is 4.15. The summed E-state index contributed by atoms with van der Waals surface area (Å²) in [5.41, 5.74) is 4.39. The summed E-state index contributed by atoms with van der Waals surface area (Å²) in [5, 5.41) is 10.7. The normalized spacial score (nSPS) is 10.0. The Morgan fingerprint density at radius 1 is 1.15 bits per heavy atom. The van der Waals surface area contributed by atoms with Crippen LogP contribution in [0.4, 0.5) is 5.69 Å². The molecule has 9 heteroatoms.